The molecule has 3 nitrogen and oxygen atoms in total. The van der Waals surface area contributed by atoms with E-state index >= 15 is 0 Å². The zero-order valence-electron chi connectivity index (χ0n) is 9.77. The molecule has 17 heavy (non-hydrogen) atoms. The Morgan fingerprint density at radius 1 is 1.18 bits per heavy atom. The highest BCUT2D eigenvalue weighted by molar-refractivity contribution is 5.85. The van der Waals surface area contributed by atoms with E-state index < -0.39 is 0 Å². The summed E-state index contributed by atoms with van der Waals surface area (Å²) in [6, 6.07) is 7.90. The first kappa shape index (κ1) is 11.2. The van der Waals surface area contributed by atoms with Crippen LogP contribution in [-0.4, -0.2) is 4.98 Å². The molecule has 0 aliphatic rings. The van der Waals surface area contributed by atoms with Crippen LogP contribution in [0.15, 0.2) is 54.5 Å². The Morgan fingerprint density at radius 2 is 1.94 bits per heavy atom. The lowest BCUT2D eigenvalue weighted by atomic mass is 10.0. The molecule has 2 aromatic rings. The third-order valence-electron chi connectivity index (χ3n) is 2.70. The van der Waals surface area contributed by atoms with Gasteiger partial charge in [-0.15, -0.1) is 0 Å². The highest BCUT2D eigenvalue weighted by atomic mass is 14.7. The second-order valence-electron chi connectivity index (χ2n) is 4.05. The van der Waals surface area contributed by atoms with E-state index in [2.05, 4.69) is 11.6 Å². The number of allylic oxidation sites excluding steroid dienone is 1. The lowest BCUT2D eigenvalue weighted by Crippen LogP contribution is -2.09. The van der Waals surface area contributed by atoms with Crippen molar-refractivity contribution >= 4 is 16.5 Å². The molecule has 0 unspecified atom stereocenters. The highest BCUT2D eigenvalue weighted by Crippen LogP contribution is 2.20. The molecule has 2 rings (SSSR count). The quantitative estimate of drug-likeness (QED) is 0.771. The normalized spacial score (nSPS) is 12.3. The van der Waals surface area contributed by atoms with E-state index in [0.717, 1.165) is 21.9 Å². The van der Waals surface area contributed by atoms with E-state index in [1.54, 1.807) is 6.20 Å². The van der Waals surface area contributed by atoms with Gasteiger partial charge in [0.1, 0.15) is 0 Å². The number of nitrogens with zero attached hydrogens (tertiary/aromatic N) is 1. The molecule has 0 aliphatic carbocycles. The fourth-order valence-corrected chi connectivity index (χ4v) is 1.64. The van der Waals surface area contributed by atoms with Gasteiger partial charge in [-0.2, -0.15) is 0 Å². The van der Waals surface area contributed by atoms with Gasteiger partial charge in [-0.05, 0) is 30.0 Å². The van der Waals surface area contributed by atoms with Crippen molar-refractivity contribution in [2.45, 2.75) is 6.92 Å². The van der Waals surface area contributed by atoms with Crippen LogP contribution >= 0.6 is 0 Å². The summed E-state index contributed by atoms with van der Waals surface area (Å²) in [5.74, 6) is 0. The van der Waals surface area contributed by atoms with Crippen LogP contribution in [0.3, 0.4) is 0 Å². The minimum absolute atomic E-state index is 0.535. The third-order valence-corrected chi connectivity index (χ3v) is 2.70. The van der Waals surface area contributed by atoms with Crippen LogP contribution in [0.25, 0.3) is 16.5 Å². The molecule has 0 saturated carbocycles. The van der Waals surface area contributed by atoms with Crippen LogP contribution in [0.1, 0.15) is 12.5 Å². The van der Waals surface area contributed by atoms with E-state index in [9.17, 15) is 0 Å². The summed E-state index contributed by atoms with van der Waals surface area (Å²) in [6.07, 6.45) is 3.58. The molecular formula is C14H15N3. The molecule has 0 fully saturated rings. The Morgan fingerprint density at radius 3 is 2.65 bits per heavy atom. The van der Waals surface area contributed by atoms with Crippen molar-refractivity contribution in [2.24, 2.45) is 11.5 Å². The van der Waals surface area contributed by atoms with Gasteiger partial charge in [-0.25, -0.2) is 0 Å². The summed E-state index contributed by atoms with van der Waals surface area (Å²) in [5, 5.41) is 2.17. The zero-order chi connectivity index (χ0) is 12.4. The molecule has 0 saturated heterocycles. The summed E-state index contributed by atoms with van der Waals surface area (Å²) < 4.78 is 0. The molecule has 86 valence electrons. The Bertz CT molecular complexity index is 612. The number of hydrogen-bond donors (Lipinski definition) is 2. The first-order valence-corrected chi connectivity index (χ1v) is 5.35. The number of pyridine rings is 1. The second-order valence-corrected chi connectivity index (χ2v) is 4.05. The minimum Gasteiger partial charge on any atom is -0.397 e. The molecule has 1 heterocycles. The molecule has 0 bridgehead atoms. The Kier molecular flexibility index (Phi) is 2.83. The van der Waals surface area contributed by atoms with Crippen molar-refractivity contribution < 1.29 is 0 Å². The number of rotatable bonds is 2. The number of aromatic nitrogens is 1. The first-order valence-electron chi connectivity index (χ1n) is 5.35. The van der Waals surface area contributed by atoms with E-state index in [0.29, 0.717) is 11.4 Å². The Hall–Kier alpha value is -2.29. The largest absolute Gasteiger partial charge is 0.397 e. The highest BCUT2D eigenvalue weighted by Gasteiger charge is 2.04. The molecule has 3 heteroatoms. The number of benzene rings is 1. The summed E-state index contributed by atoms with van der Waals surface area (Å²) in [5.41, 5.74) is 14.6. The van der Waals surface area contributed by atoms with Gasteiger partial charge in [0.25, 0.3) is 0 Å². The fraction of sp³-hybridized carbons (Fsp3) is 0.0714. The monoisotopic (exact) mass is 225 g/mol. The molecule has 0 amide bonds. The van der Waals surface area contributed by atoms with Gasteiger partial charge in [-0.3, -0.25) is 4.98 Å². The predicted octanol–water partition coefficient (Wildman–Crippen LogP) is 2.40. The predicted molar refractivity (Wildman–Crippen MR) is 71.9 cm³/mol. The smallest absolute Gasteiger partial charge is 0.0624 e. The Balaban J connectivity index is 2.57. The lowest BCUT2D eigenvalue weighted by molar-refractivity contribution is 1.28. The maximum atomic E-state index is 6.00. The molecule has 0 aliphatic heterocycles. The molecule has 1 aromatic heterocycles. The average Bonchev–Trinajstić information content (AvgIpc) is 2.36. The molecule has 0 spiro atoms. The van der Waals surface area contributed by atoms with Gasteiger partial charge in [0, 0.05) is 23.3 Å². The van der Waals surface area contributed by atoms with E-state index in [-0.39, 0.29) is 0 Å². The Labute approximate surface area is 100 Å². The summed E-state index contributed by atoms with van der Waals surface area (Å²) in [7, 11) is 0. The van der Waals surface area contributed by atoms with Crippen molar-refractivity contribution in [3.8, 4) is 0 Å². The fourth-order valence-electron chi connectivity index (χ4n) is 1.64. The average molecular weight is 225 g/mol. The van der Waals surface area contributed by atoms with Gasteiger partial charge in [-0.1, -0.05) is 18.7 Å². The van der Waals surface area contributed by atoms with Crippen LogP contribution in [-0.2, 0) is 0 Å². The maximum absolute atomic E-state index is 6.00. The van der Waals surface area contributed by atoms with Crippen molar-refractivity contribution in [3.05, 3.63) is 60.1 Å². The van der Waals surface area contributed by atoms with Gasteiger partial charge in [0.05, 0.1) is 11.4 Å². The van der Waals surface area contributed by atoms with Crippen molar-refractivity contribution in [1.82, 2.24) is 4.98 Å². The molecule has 1 aromatic carbocycles. The topological polar surface area (TPSA) is 64.9 Å². The van der Waals surface area contributed by atoms with Crippen molar-refractivity contribution in [3.63, 3.8) is 0 Å². The molecule has 4 N–H and O–H groups in total. The number of fused-ring (bicyclic) bond motifs is 1. The van der Waals surface area contributed by atoms with Gasteiger partial charge < -0.3 is 11.5 Å². The van der Waals surface area contributed by atoms with E-state index in [1.165, 1.54) is 0 Å². The number of hydrogen-bond acceptors (Lipinski definition) is 3. The summed E-state index contributed by atoms with van der Waals surface area (Å²) in [4.78, 5) is 4.09. The minimum atomic E-state index is 0.535. The standard InChI is InChI=1S/C14H15N3/c1-9(2)13(15)14(16)11-4-3-10-5-6-17-8-12(10)7-11/h3-8H,1,15-16H2,2H3/b14-13-. The molecular weight excluding hydrogens is 210 g/mol. The lowest BCUT2D eigenvalue weighted by Gasteiger charge is -2.08. The summed E-state index contributed by atoms with van der Waals surface area (Å²) >= 11 is 0. The molecule has 0 atom stereocenters. The van der Waals surface area contributed by atoms with Crippen molar-refractivity contribution in [2.75, 3.05) is 0 Å². The van der Waals surface area contributed by atoms with Crippen LogP contribution < -0.4 is 11.5 Å². The first-order chi connectivity index (χ1) is 8.09. The van der Waals surface area contributed by atoms with Gasteiger partial charge in [0.15, 0.2) is 0 Å². The third kappa shape index (κ3) is 2.13. The van der Waals surface area contributed by atoms with Crippen LogP contribution in [0.5, 0.6) is 0 Å². The number of nitrogens with two attached hydrogens (primary N) is 2. The van der Waals surface area contributed by atoms with E-state index in [4.69, 9.17) is 11.5 Å². The maximum Gasteiger partial charge on any atom is 0.0624 e. The van der Waals surface area contributed by atoms with E-state index in [1.807, 2.05) is 37.4 Å². The van der Waals surface area contributed by atoms with Crippen LogP contribution in [0.4, 0.5) is 0 Å². The zero-order valence-corrected chi connectivity index (χ0v) is 9.77. The molecule has 0 radical (unpaired) electrons. The summed E-state index contributed by atoms with van der Waals surface area (Å²) in [6.45, 7) is 5.63. The van der Waals surface area contributed by atoms with Gasteiger partial charge >= 0.3 is 0 Å². The van der Waals surface area contributed by atoms with Crippen LogP contribution in [0.2, 0.25) is 0 Å². The van der Waals surface area contributed by atoms with Crippen molar-refractivity contribution in [1.29, 1.82) is 0 Å². The van der Waals surface area contributed by atoms with Gasteiger partial charge in [0.2, 0.25) is 0 Å². The second kappa shape index (κ2) is 4.29. The SMILES string of the molecule is C=C(C)/C(N)=C(/N)c1ccc2ccncc2c1. The van der Waals surface area contributed by atoms with Crippen LogP contribution in [0, 0.1) is 0 Å².